The second kappa shape index (κ2) is 6.72. The van der Waals surface area contributed by atoms with Crippen molar-refractivity contribution in [1.82, 2.24) is 5.43 Å². The van der Waals surface area contributed by atoms with Crippen LogP contribution in [0.25, 0.3) is 0 Å². The molecule has 1 saturated carbocycles. The number of nitrogens with two attached hydrogens (primary N) is 1. The maximum atomic E-state index is 5.92. The highest BCUT2D eigenvalue weighted by Gasteiger charge is 2.36. The molecule has 0 heterocycles. The minimum absolute atomic E-state index is 0.387. The number of nitrogens with one attached hydrogen (secondary N) is 1. The Labute approximate surface area is 112 Å². The molecule has 2 rings (SSSR count). The van der Waals surface area contributed by atoms with Crippen molar-refractivity contribution in [2.75, 3.05) is 0 Å². The van der Waals surface area contributed by atoms with Gasteiger partial charge in [-0.25, -0.2) is 0 Å². The predicted octanol–water partition coefficient (Wildman–Crippen LogP) is 4.07. The van der Waals surface area contributed by atoms with Crippen molar-refractivity contribution in [2.24, 2.45) is 11.3 Å². The predicted molar refractivity (Wildman–Crippen MR) is 78.1 cm³/mol. The summed E-state index contributed by atoms with van der Waals surface area (Å²) in [7, 11) is 0. The summed E-state index contributed by atoms with van der Waals surface area (Å²) in [6.07, 6.45) is 17.3. The van der Waals surface area contributed by atoms with Crippen LogP contribution in [0.15, 0.2) is 11.6 Å². The second-order valence-corrected chi connectivity index (χ2v) is 6.55. The van der Waals surface area contributed by atoms with Crippen molar-refractivity contribution in [2.45, 2.75) is 83.6 Å². The Morgan fingerprint density at radius 1 is 1.06 bits per heavy atom. The van der Waals surface area contributed by atoms with Crippen LogP contribution in [0.4, 0.5) is 0 Å². The van der Waals surface area contributed by atoms with E-state index in [9.17, 15) is 0 Å². The first-order valence-electron chi connectivity index (χ1n) is 7.91. The van der Waals surface area contributed by atoms with E-state index in [2.05, 4.69) is 18.4 Å². The van der Waals surface area contributed by atoms with E-state index in [0.29, 0.717) is 11.5 Å². The van der Waals surface area contributed by atoms with Crippen LogP contribution >= 0.6 is 0 Å². The van der Waals surface area contributed by atoms with Crippen LogP contribution in [0.5, 0.6) is 0 Å². The van der Waals surface area contributed by atoms with Gasteiger partial charge < -0.3 is 0 Å². The Hall–Kier alpha value is -0.340. The molecule has 2 nitrogen and oxygen atoms in total. The minimum Gasteiger partial charge on any atom is -0.271 e. The average molecular weight is 250 g/mol. The fourth-order valence-corrected chi connectivity index (χ4v) is 3.88. The van der Waals surface area contributed by atoms with Gasteiger partial charge >= 0.3 is 0 Å². The molecule has 0 aliphatic heterocycles. The zero-order valence-corrected chi connectivity index (χ0v) is 12.0. The van der Waals surface area contributed by atoms with Crippen molar-refractivity contribution in [3.8, 4) is 0 Å². The molecule has 104 valence electrons. The van der Waals surface area contributed by atoms with Gasteiger partial charge in [0, 0.05) is 6.04 Å². The molecule has 18 heavy (non-hydrogen) atoms. The van der Waals surface area contributed by atoms with Crippen molar-refractivity contribution in [3.05, 3.63) is 11.6 Å². The van der Waals surface area contributed by atoms with Gasteiger partial charge in [0.05, 0.1) is 0 Å². The second-order valence-electron chi connectivity index (χ2n) is 6.55. The smallest absolute Gasteiger partial charge is 0.0473 e. The molecule has 3 N–H and O–H groups in total. The molecule has 0 amide bonds. The summed E-state index contributed by atoms with van der Waals surface area (Å²) >= 11 is 0. The summed E-state index contributed by atoms with van der Waals surface area (Å²) in [5, 5.41) is 0. The number of hydrazine groups is 1. The number of allylic oxidation sites excluding steroid dienone is 1. The van der Waals surface area contributed by atoms with E-state index in [0.717, 1.165) is 0 Å². The third-order valence-corrected chi connectivity index (χ3v) is 5.06. The summed E-state index contributed by atoms with van der Waals surface area (Å²) in [4.78, 5) is 0. The molecule has 2 aliphatic carbocycles. The van der Waals surface area contributed by atoms with Crippen LogP contribution in [0.2, 0.25) is 0 Å². The SMILES string of the molecule is CC1(C(NN)C2=CCCCCCC2)CCCCC1. The van der Waals surface area contributed by atoms with Crippen LogP contribution in [0, 0.1) is 5.41 Å². The molecule has 0 aromatic rings. The molecule has 0 bridgehead atoms. The van der Waals surface area contributed by atoms with Gasteiger partial charge in [-0.05, 0) is 43.9 Å². The van der Waals surface area contributed by atoms with Gasteiger partial charge in [-0.3, -0.25) is 11.3 Å². The van der Waals surface area contributed by atoms with Gasteiger partial charge in [-0.15, -0.1) is 0 Å². The van der Waals surface area contributed by atoms with Crippen molar-refractivity contribution >= 4 is 0 Å². The van der Waals surface area contributed by atoms with Crippen LogP contribution in [-0.2, 0) is 0 Å². The summed E-state index contributed by atoms with van der Waals surface area (Å²) in [5.41, 5.74) is 5.15. The normalized spacial score (nSPS) is 26.9. The maximum Gasteiger partial charge on any atom is 0.0473 e. The Kier molecular flexibility index (Phi) is 5.25. The summed E-state index contributed by atoms with van der Waals surface area (Å²) in [6.45, 7) is 2.44. The molecule has 2 heteroatoms. The van der Waals surface area contributed by atoms with Gasteiger partial charge in [0.15, 0.2) is 0 Å². The van der Waals surface area contributed by atoms with E-state index >= 15 is 0 Å². The lowest BCUT2D eigenvalue weighted by molar-refractivity contribution is 0.161. The standard InChI is InChI=1S/C16H30N2/c1-16(12-8-5-9-13-16)15(18-17)14-10-6-3-2-4-7-11-14/h10,15,18H,2-9,11-13,17H2,1H3. The fraction of sp³-hybridized carbons (Fsp3) is 0.875. The van der Waals surface area contributed by atoms with Crippen LogP contribution in [0.1, 0.15) is 77.6 Å². The first-order chi connectivity index (χ1) is 8.76. The van der Waals surface area contributed by atoms with E-state index in [4.69, 9.17) is 5.84 Å². The van der Waals surface area contributed by atoms with Crippen molar-refractivity contribution in [1.29, 1.82) is 0 Å². The van der Waals surface area contributed by atoms with Crippen LogP contribution < -0.4 is 11.3 Å². The molecule has 2 aliphatic rings. The highest BCUT2D eigenvalue weighted by Crippen LogP contribution is 2.42. The molecular weight excluding hydrogens is 220 g/mol. The molecule has 0 saturated heterocycles. The number of hydrogen-bond donors (Lipinski definition) is 2. The highest BCUT2D eigenvalue weighted by molar-refractivity contribution is 5.16. The van der Waals surface area contributed by atoms with Crippen molar-refractivity contribution in [3.63, 3.8) is 0 Å². The third kappa shape index (κ3) is 3.36. The van der Waals surface area contributed by atoms with E-state index < -0.39 is 0 Å². The highest BCUT2D eigenvalue weighted by atomic mass is 15.2. The lowest BCUT2D eigenvalue weighted by atomic mass is 9.68. The molecule has 1 atom stereocenters. The molecular formula is C16H30N2. The Bertz CT molecular complexity index is 277. The third-order valence-electron chi connectivity index (χ3n) is 5.06. The Morgan fingerprint density at radius 3 is 2.44 bits per heavy atom. The lowest BCUT2D eigenvalue weighted by Crippen LogP contribution is -2.49. The zero-order valence-electron chi connectivity index (χ0n) is 12.0. The van der Waals surface area contributed by atoms with Gasteiger partial charge in [-0.2, -0.15) is 0 Å². The largest absolute Gasteiger partial charge is 0.271 e. The quantitative estimate of drug-likeness (QED) is 0.450. The maximum absolute atomic E-state index is 5.92. The van der Waals surface area contributed by atoms with Crippen LogP contribution in [0.3, 0.4) is 0 Å². The van der Waals surface area contributed by atoms with Crippen molar-refractivity contribution < 1.29 is 0 Å². The minimum atomic E-state index is 0.387. The molecule has 0 aromatic carbocycles. The summed E-state index contributed by atoms with van der Waals surface area (Å²) in [5.74, 6) is 5.92. The molecule has 0 aromatic heterocycles. The number of hydrogen-bond acceptors (Lipinski definition) is 2. The van der Waals surface area contributed by atoms with E-state index in [1.165, 1.54) is 70.6 Å². The molecule has 1 unspecified atom stereocenters. The molecule has 1 fully saturated rings. The van der Waals surface area contributed by atoms with E-state index in [-0.39, 0.29) is 0 Å². The van der Waals surface area contributed by atoms with Gasteiger partial charge in [0.2, 0.25) is 0 Å². The Morgan fingerprint density at radius 2 is 1.72 bits per heavy atom. The first kappa shape index (κ1) is 14.1. The summed E-state index contributed by atoms with van der Waals surface area (Å²) in [6, 6.07) is 0.413. The van der Waals surface area contributed by atoms with E-state index in [1.54, 1.807) is 5.57 Å². The zero-order chi connectivity index (χ0) is 12.8. The monoisotopic (exact) mass is 250 g/mol. The van der Waals surface area contributed by atoms with Gasteiger partial charge in [0.25, 0.3) is 0 Å². The first-order valence-corrected chi connectivity index (χ1v) is 7.91. The van der Waals surface area contributed by atoms with Gasteiger partial charge in [0.1, 0.15) is 0 Å². The lowest BCUT2D eigenvalue weighted by Gasteiger charge is -2.42. The van der Waals surface area contributed by atoms with E-state index in [1.807, 2.05) is 0 Å². The summed E-state index contributed by atoms with van der Waals surface area (Å²) < 4.78 is 0. The Balaban J connectivity index is 2.10. The fourth-order valence-electron chi connectivity index (χ4n) is 3.88. The molecule has 0 radical (unpaired) electrons. The topological polar surface area (TPSA) is 38.0 Å². The van der Waals surface area contributed by atoms with Crippen LogP contribution in [-0.4, -0.2) is 6.04 Å². The molecule has 0 spiro atoms. The number of rotatable bonds is 3. The van der Waals surface area contributed by atoms with Gasteiger partial charge in [-0.1, -0.05) is 50.7 Å². The average Bonchev–Trinajstić information content (AvgIpc) is 2.33.